The monoisotopic (exact) mass is 463 g/mol. The molecule has 1 aliphatic heterocycles. The van der Waals surface area contributed by atoms with Crippen LogP contribution in [0.15, 0.2) is 18.2 Å². The fraction of sp³-hybridized carbons (Fsp3) is 0.231. The molecular weight excluding hydrogens is 452 g/mol. The molecule has 8 heteroatoms. The number of carbonyl (C=O) groups excluding carboxylic acids is 3. The Bertz CT molecular complexity index is 629. The number of hydrogen-bond donors (Lipinski definition) is 1. The van der Waals surface area contributed by atoms with Crippen LogP contribution in [0.3, 0.4) is 0 Å². The molecule has 1 atom stereocenters. The van der Waals surface area contributed by atoms with E-state index in [0.717, 1.165) is 4.90 Å². The number of carboxylic acids is 1. The summed E-state index contributed by atoms with van der Waals surface area (Å²) in [5, 5.41) is 9.21. The number of carboxylic acid groups (broad SMARTS) is 1. The zero-order chi connectivity index (χ0) is 15.6. The maximum atomic E-state index is 11.8. The second-order valence-electron chi connectivity index (χ2n) is 4.34. The van der Waals surface area contributed by atoms with Gasteiger partial charge in [0.05, 0.1) is 0 Å². The fourth-order valence-electron chi connectivity index (χ4n) is 2.01. The van der Waals surface area contributed by atoms with E-state index < -0.39 is 33.5 Å². The van der Waals surface area contributed by atoms with E-state index in [1.807, 2.05) is 22.6 Å². The van der Waals surface area contributed by atoms with E-state index in [1.54, 1.807) is 6.07 Å². The van der Waals surface area contributed by atoms with E-state index >= 15 is 0 Å². The molecule has 0 saturated carbocycles. The van der Waals surface area contributed by atoms with E-state index in [0.29, 0.717) is 8.78 Å². The molecule has 0 spiro atoms. The van der Waals surface area contributed by atoms with E-state index in [1.165, 1.54) is 12.1 Å². The van der Waals surface area contributed by atoms with Crippen LogP contribution in [-0.4, -0.2) is 47.6 Å². The summed E-state index contributed by atoms with van der Waals surface area (Å²) < 4.78 is 1.22. The number of halogens is 1. The number of anilines is 1. The topological polar surface area (TPSA) is 91.8 Å². The molecule has 2 amide bonds. The summed E-state index contributed by atoms with van der Waals surface area (Å²) in [6.07, 6.45) is 0.177. The van der Waals surface area contributed by atoms with Crippen molar-refractivity contribution in [3.63, 3.8) is 0 Å². The van der Waals surface area contributed by atoms with Gasteiger partial charge in [0.15, 0.2) is 0 Å². The van der Waals surface area contributed by atoms with Gasteiger partial charge in [0, 0.05) is 0 Å². The van der Waals surface area contributed by atoms with Crippen molar-refractivity contribution in [1.29, 1.82) is 0 Å². The SMILES string of the molecule is O=C(CI)[AsH]c1ccc(C(=O)O)c(N2C(=O)CCC2=O)c1. The average Bonchev–Trinajstić information content (AvgIpc) is 2.77. The van der Waals surface area contributed by atoms with Gasteiger partial charge >= 0.3 is 141 Å². The molecule has 21 heavy (non-hydrogen) atoms. The molecule has 1 aromatic rings. The van der Waals surface area contributed by atoms with Crippen LogP contribution in [0.5, 0.6) is 0 Å². The summed E-state index contributed by atoms with van der Waals surface area (Å²) in [4.78, 5) is 47.4. The summed E-state index contributed by atoms with van der Waals surface area (Å²) in [6.45, 7) is 0. The van der Waals surface area contributed by atoms with Gasteiger partial charge in [-0.05, 0) is 0 Å². The molecule has 1 fully saturated rings. The van der Waals surface area contributed by atoms with Gasteiger partial charge < -0.3 is 0 Å². The number of aromatic carboxylic acids is 1. The Hall–Kier alpha value is -1.21. The predicted octanol–water partition coefficient (Wildman–Crippen LogP) is 0.0616. The van der Waals surface area contributed by atoms with Crippen LogP contribution in [0.4, 0.5) is 5.69 Å². The van der Waals surface area contributed by atoms with Crippen LogP contribution < -0.4 is 9.25 Å². The van der Waals surface area contributed by atoms with Crippen molar-refractivity contribution in [1.82, 2.24) is 0 Å². The Morgan fingerprint density at radius 1 is 1.24 bits per heavy atom. The minimum atomic E-state index is -1.20. The first-order chi connectivity index (χ1) is 9.93. The molecule has 0 aliphatic carbocycles. The molecule has 6 nitrogen and oxygen atoms in total. The number of imide groups is 1. The predicted molar refractivity (Wildman–Crippen MR) is 85.8 cm³/mol. The Labute approximate surface area is 140 Å². The zero-order valence-corrected chi connectivity index (χ0v) is 15.0. The molecular formula is C13H11AsINO5. The number of amides is 2. The number of carbonyl (C=O) groups is 4. The van der Waals surface area contributed by atoms with Crippen LogP contribution in [0.1, 0.15) is 23.2 Å². The van der Waals surface area contributed by atoms with Crippen LogP contribution in [0.25, 0.3) is 0 Å². The average molecular weight is 463 g/mol. The fourth-order valence-corrected chi connectivity index (χ4v) is 4.61. The first-order valence-electron chi connectivity index (χ1n) is 6.03. The molecule has 110 valence electrons. The molecule has 0 radical (unpaired) electrons. The summed E-state index contributed by atoms with van der Waals surface area (Å²) in [5.41, 5.74) is -0.0200. The quantitative estimate of drug-likeness (QED) is 0.289. The second-order valence-corrected chi connectivity index (χ2v) is 8.01. The third kappa shape index (κ3) is 3.52. The molecule has 1 aliphatic rings. The van der Waals surface area contributed by atoms with Gasteiger partial charge in [-0.3, -0.25) is 0 Å². The number of benzene rings is 1. The third-order valence-corrected chi connectivity index (χ3v) is 7.34. The van der Waals surface area contributed by atoms with Gasteiger partial charge in [0.2, 0.25) is 0 Å². The summed E-state index contributed by atoms with van der Waals surface area (Å²) in [7, 11) is 0. The van der Waals surface area contributed by atoms with E-state index in [2.05, 4.69) is 0 Å². The van der Waals surface area contributed by atoms with Crippen molar-refractivity contribution in [3.8, 4) is 0 Å². The Morgan fingerprint density at radius 2 is 1.86 bits per heavy atom. The number of hydrogen-bond acceptors (Lipinski definition) is 4. The van der Waals surface area contributed by atoms with E-state index in [-0.39, 0.29) is 28.7 Å². The first-order valence-corrected chi connectivity index (χ1v) is 9.65. The van der Waals surface area contributed by atoms with Gasteiger partial charge in [-0.25, -0.2) is 0 Å². The van der Waals surface area contributed by atoms with Gasteiger partial charge in [-0.15, -0.1) is 0 Å². The van der Waals surface area contributed by atoms with Crippen molar-refractivity contribution in [2.45, 2.75) is 12.8 Å². The second kappa shape index (κ2) is 6.70. The van der Waals surface area contributed by atoms with Crippen LogP contribution in [0, 0.1) is 0 Å². The zero-order valence-electron chi connectivity index (χ0n) is 10.8. The van der Waals surface area contributed by atoms with Crippen LogP contribution in [-0.2, 0) is 14.4 Å². The Balaban J connectivity index is 2.47. The standard InChI is InChI=1S/C13H11AsINO5/c15-6-10(17)14-7-1-2-8(13(20)21)9(5-7)16-11(18)3-4-12(16)19/h1-2,5,14H,3-4,6H2,(H,20,21). The van der Waals surface area contributed by atoms with Gasteiger partial charge in [0.1, 0.15) is 0 Å². The van der Waals surface area contributed by atoms with Crippen molar-refractivity contribution >= 4 is 70.7 Å². The van der Waals surface area contributed by atoms with Crippen LogP contribution >= 0.6 is 22.6 Å². The number of alkyl halides is 1. The summed E-state index contributed by atoms with van der Waals surface area (Å²) in [6, 6.07) is 4.44. The van der Waals surface area contributed by atoms with Crippen molar-refractivity contribution in [2.75, 3.05) is 9.33 Å². The van der Waals surface area contributed by atoms with Crippen molar-refractivity contribution in [2.24, 2.45) is 0 Å². The van der Waals surface area contributed by atoms with Gasteiger partial charge in [0.25, 0.3) is 0 Å². The molecule has 0 bridgehead atoms. The van der Waals surface area contributed by atoms with Gasteiger partial charge in [-0.2, -0.15) is 0 Å². The summed E-state index contributed by atoms with van der Waals surface area (Å²) in [5.74, 6) is -2.01. The normalized spacial score (nSPS) is 15.2. The number of nitrogens with zero attached hydrogens (tertiary/aromatic N) is 1. The van der Waals surface area contributed by atoms with Crippen molar-refractivity contribution in [3.05, 3.63) is 23.8 Å². The summed E-state index contributed by atoms with van der Waals surface area (Å²) >= 11 is 0.916. The van der Waals surface area contributed by atoms with Gasteiger partial charge in [-0.1, -0.05) is 0 Å². The van der Waals surface area contributed by atoms with E-state index in [4.69, 9.17) is 0 Å². The molecule has 1 saturated heterocycles. The minimum absolute atomic E-state index is 0.0810. The molecule has 0 aromatic heterocycles. The maximum absolute atomic E-state index is 11.8. The molecule has 1 N–H and O–H groups in total. The Morgan fingerprint density at radius 3 is 2.38 bits per heavy atom. The first kappa shape index (κ1) is 16.2. The van der Waals surface area contributed by atoms with Crippen LogP contribution in [0.2, 0.25) is 0 Å². The number of rotatable bonds is 5. The molecule has 1 unspecified atom stereocenters. The van der Waals surface area contributed by atoms with E-state index in [9.17, 15) is 24.3 Å². The molecule has 1 aromatic carbocycles. The molecule has 1 heterocycles. The third-order valence-electron chi connectivity index (χ3n) is 2.93. The molecule has 2 rings (SSSR count). The van der Waals surface area contributed by atoms with Crippen molar-refractivity contribution < 1.29 is 24.3 Å². The Kier molecular flexibility index (Phi) is 5.16.